The van der Waals surface area contributed by atoms with E-state index in [4.69, 9.17) is 23.2 Å². The van der Waals surface area contributed by atoms with Gasteiger partial charge in [-0.25, -0.2) is 0 Å². The van der Waals surface area contributed by atoms with Gasteiger partial charge in [-0.1, -0.05) is 66.0 Å². The van der Waals surface area contributed by atoms with Crippen molar-refractivity contribution < 1.29 is 9.59 Å². The van der Waals surface area contributed by atoms with Crippen molar-refractivity contribution in [3.05, 3.63) is 69.2 Å². The van der Waals surface area contributed by atoms with E-state index in [0.29, 0.717) is 22.2 Å². The fourth-order valence-electron chi connectivity index (χ4n) is 3.01. The highest BCUT2D eigenvalue weighted by Crippen LogP contribution is 2.26. The molecule has 0 aliphatic heterocycles. The topological polar surface area (TPSA) is 49.4 Å². The van der Waals surface area contributed by atoms with Crippen LogP contribution in [0.5, 0.6) is 0 Å². The molecule has 1 N–H and O–H groups in total. The van der Waals surface area contributed by atoms with Gasteiger partial charge in [0.2, 0.25) is 11.8 Å². The predicted octanol–water partition coefficient (Wildman–Crippen LogP) is 5.18. The van der Waals surface area contributed by atoms with Gasteiger partial charge in [0.05, 0.1) is 6.42 Å². The molecule has 2 aromatic rings. The Bertz CT molecular complexity index is 849. The summed E-state index contributed by atoms with van der Waals surface area (Å²) >= 11 is 12.5. The van der Waals surface area contributed by atoms with Gasteiger partial charge in [0.25, 0.3) is 0 Å². The van der Waals surface area contributed by atoms with Crippen molar-refractivity contribution in [2.24, 2.45) is 0 Å². The van der Waals surface area contributed by atoms with Crippen LogP contribution < -0.4 is 5.32 Å². The Labute approximate surface area is 183 Å². The van der Waals surface area contributed by atoms with E-state index in [1.807, 2.05) is 45.0 Å². The average molecular weight is 435 g/mol. The van der Waals surface area contributed by atoms with E-state index < -0.39 is 6.04 Å². The molecular weight excluding hydrogens is 407 g/mol. The fraction of sp³-hybridized carbons (Fsp3) is 0.391. The van der Waals surface area contributed by atoms with Crippen LogP contribution in [0.15, 0.2) is 42.5 Å². The second kappa shape index (κ2) is 10.7. The molecule has 0 bridgehead atoms. The molecule has 0 unspecified atom stereocenters. The Balaban J connectivity index is 2.29. The lowest BCUT2D eigenvalue weighted by Gasteiger charge is -2.30. The van der Waals surface area contributed by atoms with Crippen LogP contribution in [0, 0.1) is 6.92 Å². The van der Waals surface area contributed by atoms with Crippen molar-refractivity contribution >= 4 is 35.0 Å². The summed E-state index contributed by atoms with van der Waals surface area (Å²) in [6.07, 6.45) is 0.852. The minimum absolute atomic E-state index is 0.0330. The Morgan fingerprint density at radius 1 is 1.07 bits per heavy atom. The maximum absolute atomic E-state index is 13.2. The van der Waals surface area contributed by atoms with Gasteiger partial charge in [-0.2, -0.15) is 0 Å². The van der Waals surface area contributed by atoms with E-state index >= 15 is 0 Å². The maximum Gasteiger partial charge on any atom is 0.242 e. The van der Waals surface area contributed by atoms with Crippen LogP contribution in [0.25, 0.3) is 0 Å². The van der Waals surface area contributed by atoms with Crippen LogP contribution >= 0.6 is 23.2 Å². The summed E-state index contributed by atoms with van der Waals surface area (Å²) in [6, 6.07) is 12.5. The van der Waals surface area contributed by atoms with Gasteiger partial charge in [-0.05, 0) is 50.5 Å². The molecule has 0 spiro atoms. The quantitative estimate of drug-likeness (QED) is 0.622. The minimum Gasteiger partial charge on any atom is -0.352 e. The highest BCUT2D eigenvalue weighted by molar-refractivity contribution is 6.36. The monoisotopic (exact) mass is 434 g/mol. The van der Waals surface area contributed by atoms with Crippen LogP contribution in [0.3, 0.4) is 0 Å². The molecule has 0 aliphatic carbocycles. The van der Waals surface area contributed by atoms with Crippen LogP contribution in [0.1, 0.15) is 43.9 Å². The largest absolute Gasteiger partial charge is 0.352 e. The van der Waals surface area contributed by atoms with Crippen molar-refractivity contribution in [3.63, 3.8) is 0 Å². The number of amides is 2. The van der Waals surface area contributed by atoms with E-state index in [0.717, 1.165) is 17.5 Å². The molecule has 0 saturated heterocycles. The number of halogens is 2. The summed E-state index contributed by atoms with van der Waals surface area (Å²) in [5, 5.41) is 3.85. The second-order valence-electron chi connectivity index (χ2n) is 7.38. The van der Waals surface area contributed by atoms with Gasteiger partial charge in [0.15, 0.2) is 0 Å². The number of nitrogens with zero attached hydrogens (tertiary/aromatic N) is 1. The molecule has 6 heteroatoms. The molecule has 0 radical (unpaired) electrons. The van der Waals surface area contributed by atoms with Gasteiger partial charge in [0, 0.05) is 22.6 Å². The third-order valence-corrected chi connectivity index (χ3v) is 5.70. The van der Waals surface area contributed by atoms with Crippen LogP contribution in [-0.2, 0) is 22.6 Å². The Kier molecular flexibility index (Phi) is 8.54. The SMILES string of the molecule is CC[C@H](C)NC(=O)[C@@H](C)N(Cc1cccc(C)c1)C(=O)Cc1c(Cl)cccc1Cl. The zero-order valence-corrected chi connectivity index (χ0v) is 18.8. The zero-order valence-electron chi connectivity index (χ0n) is 17.3. The molecule has 2 atom stereocenters. The summed E-state index contributed by atoms with van der Waals surface area (Å²) in [5.74, 6) is -0.376. The number of carbonyl (C=O) groups is 2. The molecular formula is C23H28Cl2N2O2. The predicted molar refractivity (Wildman–Crippen MR) is 119 cm³/mol. The van der Waals surface area contributed by atoms with Gasteiger partial charge >= 0.3 is 0 Å². The zero-order chi connectivity index (χ0) is 21.6. The van der Waals surface area contributed by atoms with Crippen molar-refractivity contribution in [1.82, 2.24) is 10.2 Å². The standard InChI is InChI=1S/C23H28Cl2N2O2/c1-5-16(3)26-23(29)17(4)27(14-18-9-6-8-15(2)12-18)22(28)13-19-20(24)10-7-11-21(19)25/h6-12,16-17H,5,13-14H2,1-4H3,(H,26,29)/t16-,17+/m0/s1. The minimum atomic E-state index is -0.627. The lowest BCUT2D eigenvalue weighted by molar-refractivity contribution is -0.140. The molecule has 0 heterocycles. The summed E-state index contributed by atoms with van der Waals surface area (Å²) in [4.78, 5) is 27.6. The van der Waals surface area contributed by atoms with E-state index in [1.165, 1.54) is 0 Å². The molecule has 4 nitrogen and oxygen atoms in total. The van der Waals surface area contributed by atoms with Crippen molar-refractivity contribution in [1.29, 1.82) is 0 Å². The molecule has 2 amide bonds. The first-order valence-corrected chi connectivity index (χ1v) is 10.6. The third-order valence-electron chi connectivity index (χ3n) is 4.99. The number of benzene rings is 2. The smallest absolute Gasteiger partial charge is 0.242 e. The van der Waals surface area contributed by atoms with Gasteiger partial charge in [-0.15, -0.1) is 0 Å². The molecule has 2 rings (SSSR count). The number of hydrogen-bond acceptors (Lipinski definition) is 2. The van der Waals surface area contributed by atoms with Crippen LogP contribution in [0.2, 0.25) is 10.0 Å². The second-order valence-corrected chi connectivity index (χ2v) is 8.20. The number of hydrogen-bond donors (Lipinski definition) is 1. The highest BCUT2D eigenvalue weighted by atomic mass is 35.5. The average Bonchev–Trinajstić information content (AvgIpc) is 2.68. The van der Waals surface area contributed by atoms with E-state index in [9.17, 15) is 9.59 Å². The third kappa shape index (κ3) is 6.48. The van der Waals surface area contributed by atoms with Gasteiger partial charge < -0.3 is 10.2 Å². The summed E-state index contributed by atoms with van der Waals surface area (Å²) in [6.45, 7) is 8.03. The summed E-state index contributed by atoms with van der Waals surface area (Å²) < 4.78 is 0. The molecule has 0 aromatic heterocycles. The summed E-state index contributed by atoms with van der Waals surface area (Å²) in [7, 11) is 0. The lowest BCUT2D eigenvalue weighted by atomic mass is 10.1. The highest BCUT2D eigenvalue weighted by Gasteiger charge is 2.27. The Hall–Kier alpha value is -2.04. The molecule has 29 heavy (non-hydrogen) atoms. The van der Waals surface area contributed by atoms with E-state index in [2.05, 4.69) is 5.32 Å². The van der Waals surface area contributed by atoms with Gasteiger partial charge in [0.1, 0.15) is 6.04 Å². The molecule has 0 fully saturated rings. The normalized spacial score (nSPS) is 12.9. The lowest BCUT2D eigenvalue weighted by Crippen LogP contribution is -2.49. The Morgan fingerprint density at radius 2 is 1.69 bits per heavy atom. The number of nitrogens with one attached hydrogen (secondary N) is 1. The fourth-order valence-corrected chi connectivity index (χ4v) is 3.54. The molecule has 156 valence electrons. The van der Waals surface area contributed by atoms with Crippen molar-refractivity contribution in [3.8, 4) is 0 Å². The number of aryl methyl sites for hydroxylation is 1. The number of carbonyl (C=O) groups excluding carboxylic acids is 2. The van der Waals surface area contributed by atoms with Crippen LogP contribution in [0.4, 0.5) is 0 Å². The van der Waals surface area contributed by atoms with Crippen molar-refractivity contribution in [2.75, 3.05) is 0 Å². The Morgan fingerprint density at radius 3 is 2.28 bits per heavy atom. The van der Waals surface area contributed by atoms with E-state index in [1.54, 1.807) is 30.0 Å². The van der Waals surface area contributed by atoms with Crippen LogP contribution in [-0.4, -0.2) is 28.8 Å². The van der Waals surface area contributed by atoms with E-state index in [-0.39, 0.29) is 24.3 Å². The number of rotatable bonds is 8. The first kappa shape index (κ1) is 23.2. The molecule has 2 aromatic carbocycles. The molecule has 0 saturated carbocycles. The maximum atomic E-state index is 13.2. The molecule has 0 aliphatic rings. The van der Waals surface area contributed by atoms with Crippen molar-refractivity contribution in [2.45, 2.75) is 59.2 Å². The van der Waals surface area contributed by atoms with Gasteiger partial charge in [-0.3, -0.25) is 9.59 Å². The first-order valence-electron chi connectivity index (χ1n) is 9.81. The summed E-state index contributed by atoms with van der Waals surface area (Å²) in [5.41, 5.74) is 2.64. The first-order chi connectivity index (χ1) is 13.7.